The molecule has 1 atom stereocenters. The Morgan fingerprint density at radius 1 is 1.38 bits per heavy atom. The molecule has 5 heteroatoms. The molecule has 0 aliphatic carbocycles. The maximum Gasteiger partial charge on any atom is 0.206 e. The van der Waals surface area contributed by atoms with E-state index in [4.69, 9.17) is 21.0 Å². The van der Waals surface area contributed by atoms with Crippen LogP contribution in [0.25, 0.3) is 0 Å². The van der Waals surface area contributed by atoms with Crippen LogP contribution in [0.4, 0.5) is 0 Å². The molecule has 1 aliphatic rings. The predicted molar refractivity (Wildman–Crippen MR) is 60.0 cm³/mol. The lowest BCUT2D eigenvalue weighted by molar-refractivity contribution is 0.395. The van der Waals surface area contributed by atoms with Crippen LogP contribution in [-0.4, -0.2) is 0 Å². The minimum Gasteiger partial charge on any atom is -0.440 e. The van der Waals surface area contributed by atoms with Crippen LogP contribution in [0.1, 0.15) is 11.5 Å². The second kappa shape index (κ2) is 3.88. The maximum absolute atomic E-state index is 9.09. The van der Waals surface area contributed by atoms with Crippen molar-refractivity contribution < 1.29 is 4.74 Å². The molecule has 1 aliphatic heterocycles. The Hall–Kier alpha value is -1.98. The van der Waals surface area contributed by atoms with E-state index in [-0.39, 0.29) is 11.5 Å². The minimum atomic E-state index is -0.661. The Bertz CT molecular complexity index is 566. The van der Waals surface area contributed by atoms with Gasteiger partial charge in [-0.1, -0.05) is 15.9 Å². The lowest BCUT2D eigenvalue weighted by atomic mass is 9.91. The molecule has 0 bridgehead atoms. The molecule has 0 fully saturated rings. The molecule has 0 amide bonds. The van der Waals surface area contributed by atoms with E-state index in [1.165, 1.54) is 0 Å². The number of allylic oxidation sites excluding steroid dienone is 1. The van der Waals surface area contributed by atoms with Crippen molar-refractivity contribution in [3.63, 3.8) is 0 Å². The molecule has 16 heavy (non-hydrogen) atoms. The summed E-state index contributed by atoms with van der Waals surface area (Å²) in [6.07, 6.45) is 0. The van der Waals surface area contributed by atoms with Crippen LogP contribution < -0.4 is 10.5 Å². The van der Waals surface area contributed by atoms with Gasteiger partial charge in [0.2, 0.25) is 5.88 Å². The SMILES string of the molecule is N#CC1=C(N)Oc2ccc(Br)cc2C1C#N. The lowest BCUT2D eigenvalue weighted by Gasteiger charge is -2.21. The number of nitrogens with two attached hydrogens (primary N) is 1. The van der Waals surface area contributed by atoms with E-state index in [2.05, 4.69) is 22.0 Å². The van der Waals surface area contributed by atoms with Crippen LogP contribution in [0.3, 0.4) is 0 Å². The summed E-state index contributed by atoms with van der Waals surface area (Å²) in [5.41, 5.74) is 6.40. The molecular weight excluding hydrogens is 270 g/mol. The van der Waals surface area contributed by atoms with Gasteiger partial charge in [-0.15, -0.1) is 0 Å². The first-order valence-electron chi connectivity index (χ1n) is 4.44. The summed E-state index contributed by atoms with van der Waals surface area (Å²) in [5.74, 6) is -0.138. The van der Waals surface area contributed by atoms with Gasteiger partial charge in [-0.05, 0) is 18.2 Å². The van der Waals surface area contributed by atoms with Gasteiger partial charge in [-0.3, -0.25) is 0 Å². The van der Waals surface area contributed by atoms with Crippen LogP contribution in [0, 0.1) is 22.7 Å². The Morgan fingerprint density at radius 3 is 2.75 bits per heavy atom. The van der Waals surface area contributed by atoms with Gasteiger partial charge in [0, 0.05) is 10.0 Å². The number of rotatable bonds is 0. The molecule has 0 saturated heterocycles. The third-order valence-electron chi connectivity index (χ3n) is 2.31. The van der Waals surface area contributed by atoms with Crippen LogP contribution in [-0.2, 0) is 0 Å². The molecule has 0 aromatic heterocycles. The van der Waals surface area contributed by atoms with Gasteiger partial charge < -0.3 is 10.5 Å². The van der Waals surface area contributed by atoms with Crippen molar-refractivity contribution in [3.05, 3.63) is 39.7 Å². The summed E-state index contributed by atoms with van der Waals surface area (Å²) < 4.78 is 6.11. The Kier molecular flexibility index (Phi) is 2.55. The minimum absolute atomic E-state index is 0.00359. The fraction of sp³-hybridized carbons (Fsp3) is 0.0909. The van der Waals surface area contributed by atoms with Gasteiger partial charge in [0.25, 0.3) is 0 Å². The molecule has 78 valence electrons. The molecule has 4 nitrogen and oxygen atoms in total. The largest absolute Gasteiger partial charge is 0.440 e. The maximum atomic E-state index is 9.09. The van der Waals surface area contributed by atoms with Crippen molar-refractivity contribution in [2.45, 2.75) is 5.92 Å². The average Bonchev–Trinajstić information content (AvgIpc) is 2.28. The van der Waals surface area contributed by atoms with Gasteiger partial charge in [0.1, 0.15) is 23.3 Å². The van der Waals surface area contributed by atoms with E-state index in [1.807, 2.05) is 6.07 Å². The van der Waals surface area contributed by atoms with Gasteiger partial charge in [-0.25, -0.2) is 0 Å². The quantitative estimate of drug-likeness (QED) is 0.786. The highest BCUT2D eigenvalue weighted by molar-refractivity contribution is 9.10. The first-order valence-corrected chi connectivity index (χ1v) is 5.23. The van der Waals surface area contributed by atoms with Crippen molar-refractivity contribution in [2.75, 3.05) is 0 Å². The van der Waals surface area contributed by atoms with Crippen LogP contribution >= 0.6 is 15.9 Å². The number of ether oxygens (including phenoxy) is 1. The topological polar surface area (TPSA) is 82.8 Å². The Balaban J connectivity index is 2.63. The standard InChI is InChI=1S/C11H6BrN3O/c12-6-1-2-10-7(3-6)8(4-13)9(5-14)11(15)16-10/h1-3,8H,15H2. The summed E-state index contributed by atoms with van der Waals surface area (Å²) in [7, 11) is 0. The molecule has 1 heterocycles. The molecule has 1 aromatic rings. The number of hydrogen-bond acceptors (Lipinski definition) is 4. The number of hydrogen-bond donors (Lipinski definition) is 1. The van der Waals surface area contributed by atoms with E-state index in [1.54, 1.807) is 18.2 Å². The van der Waals surface area contributed by atoms with Crippen LogP contribution in [0.5, 0.6) is 5.75 Å². The van der Waals surface area contributed by atoms with Gasteiger partial charge in [-0.2, -0.15) is 10.5 Å². The van der Waals surface area contributed by atoms with Crippen molar-refractivity contribution in [1.29, 1.82) is 10.5 Å². The molecule has 0 spiro atoms. The zero-order valence-electron chi connectivity index (χ0n) is 8.07. The van der Waals surface area contributed by atoms with Gasteiger partial charge in [0.15, 0.2) is 0 Å². The van der Waals surface area contributed by atoms with E-state index in [0.29, 0.717) is 11.3 Å². The average molecular weight is 276 g/mol. The van der Waals surface area contributed by atoms with Crippen molar-refractivity contribution in [2.24, 2.45) is 5.73 Å². The number of benzene rings is 1. The monoisotopic (exact) mass is 275 g/mol. The highest BCUT2D eigenvalue weighted by Crippen LogP contribution is 2.38. The molecular formula is C11H6BrN3O. The third kappa shape index (κ3) is 1.52. The fourth-order valence-corrected chi connectivity index (χ4v) is 1.94. The Morgan fingerprint density at radius 2 is 2.12 bits per heavy atom. The Labute approximate surface area is 101 Å². The number of nitriles is 2. The second-order valence-electron chi connectivity index (χ2n) is 3.24. The fourth-order valence-electron chi connectivity index (χ4n) is 1.56. The molecule has 0 saturated carbocycles. The number of nitrogens with zero attached hydrogens (tertiary/aromatic N) is 2. The first kappa shape index (κ1) is 10.5. The van der Waals surface area contributed by atoms with Crippen LogP contribution in [0.2, 0.25) is 0 Å². The summed E-state index contributed by atoms with van der Waals surface area (Å²) >= 11 is 3.31. The number of fused-ring (bicyclic) bond motifs is 1. The van der Waals surface area contributed by atoms with Gasteiger partial charge in [0.05, 0.1) is 6.07 Å². The first-order chi connectivity index (χ1) is 7.67. The lowest BCUT2D eigenvalue weighted by Crippen LogP contribution is -2.19. The van der Waals surface area contributed by atoms with Crippen molar-refractivity contribution >= 4 is 15.9 Å². The van der Waals surface area contributed by atoms with E-state index in [9.17, 15) is 0 Å². The third-order valence-corrected chi connectivity index (χ3v) is 2.80. The molecule has 2 rings (SSSR count). The van der Waals surface area contributed by atoms with E-state index < -0.39 is 5.92 Å². The van der Waals surface area contributed by atoms with Crippen LogP contribution in [0.15, 0.2) is 34.1 Å². The summed E-state index contributed by atoms with van der Waals surface area (Å²) in [5, 5.41) is 18.0. The molecule has 1 unspecified atom stereocenters. The zero-order valence-corrected chi connectivity index (χ0v) is 9.65. The highest BCUT2D eigenvalue weighted by Gasteiger charge is 2.29. The molecule has 2 N–H and O–H groups in total. The summed E-state index contributed by atoms with van der Waals surface area (Å²) in [6.45, 7) is 0. The zero-order chi connectivity index (χ0) is 11.7. The van der Waals surface area contributed by atoms with E-state index in [0.717, 1.165) is 4.47 Å². The summed E-state index contributed by atoms with van der Waals surface area (Å²) in [4.78, 5) is 0. The van der Waals surface area contributed by atoms with Crippen molar-refractivity contribution in [3.8, 4) is 17.9 Å². The van der Waals surface area contributed by atoms with E-state index >= 15 is 0 Å². The molecule has 1 aromatic carbocycles. The predicted octanol–water partition coefficient (Wildman–Crippen LogP) is 2.14. The smallest absolute Gasteiger partial charge is 0.206 e. The van der Waals surface area contributed by atoms with Gasteiger partial charge >= 0.3 is 0 Å². The van der Waals surface area contributed by atoms with Crippen molar-refractivity contribution in [1.82, 2.24) is 0 Å². The highest BCUT2D eigenvalue weighted by atomic mass is 79.9. The number of halogens is 1. The molecule has 0 radical (unpaired) electrons. The second-order valence-corrected chi connectivity index (χ2v) is 4.15. The normalized spacial score (nSPS) is 18.1. The summed E-state index contributed by atoms with van der Waals surface area (Å²) in [6, 6.07) is 9.22.